The summed E-state index contributed by atoms with van der Waals surface area (Å²) in [4.78, 5) is 37.5. The second-order valence-corrected chi connectivity index (χ2v) is 9.15. The zero-order valence-electron chi connectivity index (χ0n) is 17.7. The van der Waals surface area contributed by atoms with Crippen LogP contribution >= 0.6 is 11.8 Å². The second-order valence-electron chi connectivity index (χ2n) is 7.37. The topological polar surface area (TPSA) is 108 Å². The van der Waals surface area contributed by atoms with Gasteiger partial charge in [0.1, 0.15) is 6.04 Å². The number of hydroxylamine groups is 1. The summed E-state index contributed by atoms with van der Waals surface area (Å²) in [6.07, 6.45) is 0.132. The Kier molecular flexibility index (Phi) is 10.1. The SMILES string of the molecule is CC(C)S[C@H](CC(=O)NO)C(=O)N[C@@H](Cc1ccccc1)C(=O)NCc1ccccc1. The number of benzene rings is 2. The first kappa shape index (κ1) is 24.4. The molecule has 0 aliphatic heterocycles. The molecule has 8 heteroatoms. The van der Waals surface area contributed by atoms with E-state index >= 15 is 0 Å². The predicted octanol–water partition coefficient (Wildman–Crippen LogP) is 2.44. The molecule has 0 aliphatic carbocycles. The molecule has 0 saturated carbocycles. The van der Waals surface area contributed by atoms with Gasteiger partial charge in [-0.05, 0) is 16.4 Å². The first-order chi connectivity index (χ1) is 14.9. The average molecular weight is 444 g/mol. The van der Waals surface area contributed by atoms with Crippen molar-refractivity contribution in [3.05, 3.63) is 71.8 Å². The molecule has 2 aromatic rings. The molecular weight excluding hydrogens is 414 g/mol. The third-order valence-corrected chi connectivity index (χ3v) is 5.70. The van der Waals surface area contributed by atoms with E-state index in [-0.39, 0.29) is 17.6 Å². The van der Waals surface area contributed by atoms with E-state index in [1.54, 1.807) is 5.48 Å². The summed E-state index contributed by atoms with van der Waals surface area (Å²) in [6, 6.07) is 18.1. The molecule has 0 bridgehead atoms. The first-order valence-electron chi connectivity index (χ1n) is 10.1. The monoisotopic (exact) mass is 443 g/mol. The van der Waals surface area contributed by atoms with Crippen LogP contribution in [0.3, 0.4) is 0 Å². The van der Waals surface area contributed by atoms with Gasteiger partial charge >= 0.3 is 0 Å². The Bertz CT molecular complexity index is 846. The van der Waals surface area contributed by atoms with Gasteiger partial charge in [-0.2, -0.15) is 0 Å². The van der Waals surface area contributed by atoms with Crippen molar-refractivity contribution in [1.82, 2.24) is 16.1 Å². The molecule has 0 saturated heterocycles. The molecular formula is C23H29N3O4S. The number of carbonyl (C=O) groups is 3. The van der Waals surface area contributed by atoms with Gasteiger partial charge in [0.2, 0.25) is 17.7 Å². The third-order valence-electron chi connectivity index (χ3n) is 4.45. The summed E-state index contributed by atoms with van der Waals surface area (Å²) < 4.78 is 0. The fourth-order valence-electron chi connectivity index (χ4n) is 2.98. The van der Waals surface area contributed by atoms with Gasteiger partial charge in [0, 0.05) is 19.4 Å². The van der Waals surface area contributed by atoms with Crippen LogP contribution in [0.5, 0.6) is 0 Å². The van der Waals surface area contributed by atoms with Crippen molar-refractivity contribution in [3.8, 4) is 0 Å². The lowest BCUT2D eigenvalue weighted by molar-refractivity contribution is -0.132. The Morgan fingerprint density at radius 3 is 2.03 bits per heavy atom. The summed E-state index contributed by atoms with van der Waals surface area (Å²) in [5, 5.41) is 13.9. The molecule has 0 unspecified atom stereocenters. The minimum atomic E-state index is -0.800. The Morgan fingerprint density at radius 1 is 0.903 bits per heavy atom. The van der Waals surface area contributed by atoms with Gasteiger partial charge in [-0.1, -0.05) is 74.5 Å². The van der Waals surface area contributed by atoms with Gasteiger partial charge in [0.15, 0.2) is 0 Å². The fourth-order valence-corrected chi connectivity index (χ4v) is 4.07. The van der Waals surface area contributed by atoms with E-state index in [9.17, 15) is 14.4 Å². The maximum Gasteiger partial charge on any atom is 0.244 e. The molecule has 0 aromatic heterocycles. The van der Waals surface area contributed by atoms with Crippen molar-refractivity contribution < 1.29 is 19.6 Å². The van der Waals surface area contributed by atoms with E-state index in [1.165, 1.54) is 11.8 Å². The molecule has 166 valence electrons. The third kappa shape index (κ3) is 8.82. The lowest BCUT2D eigenvalue weighted by Gasteiger charge is -2.23. The van der Waals surface area contributed by atoms with Crippen LogP contribution in [0.25, 0.3) is 0 Å². The van der Waals surface area contributed by atoms with Crippen molar-refractivity contribution >= 4 is 29.5 Å². The number of hydrogen-bond acceptors (Lipinski definition) is 5. The maximum atomic E-state index is 12.9. The van der Waals surface area contributed by atoms with E-state index < -0.39 is 23.1 Å². The molecule has 31 heavy (non-hydrogen) atoms. The van der Waals surface area contributed by atoms with Crippen LogP contribution in [0.1, 0.15) is 31.4 Å². The largest absolute Gasteiger partial charge is 0.350 e. The van der Waals surface area contributed by atoms with Crippen molar-refractivity contribution in [2.24, 2.45) is 0 Å². The Hall–Kier alpha value is -2.84. The number of nitrogens with one attached hydrogen (secondary N) is 3. The molecule has 2 rings (SSSR count). The molecule has 7 nitrogen and oxygen atoms in total. The summed E-state index contributed by atoms with van der Waals surface area (Å²) in [7, 11) is 0. The Balaban J connectivity index is 2.12. The highest BCUT2D eigenvalue weighted by Gasteiger charge is 2.28. The molecule has 0 heterocycles. The molecule has 2 aromatic carbocycles. The van der Waals surface area contributed by atoms with Crippen molar-refractivity contribution in [1.29, 1.82) is 0 Å². The molecule has 0 fully saturated rings. The van der Waals surface area contributed by atoms with Crippen molar-refractivity contribution in [2.45, 2.75) is 49.8 Å². The maximum absolute atomic E-state index is 12.9. The van der Waals surface area contributed by atoms with Gasteiger partial charge in [-0.25, -0.2) is 5.48 Å². The van der Waals surface area contributed by atoms with Crippen LogP contribution < -0.4 is 16.1 Å². The smallest absolute Gasteiger partial charge is 0.244 e. The van der Waals surface area contributed by atoms with Crippen LogP contribution in [-0.4, -0.2) is 39.5 Å². The van der Waals surface area contributed by atoms with Crippen molar-refractivity contribution in [2.75, 3.05) is 0 Å². The van der Waals surface area contributed by atoms with Gasteiger partial charge in [-0.3, -0.25) is 19.6 Å². The van der Waals surface area contributed by atoms with E-state index in [0.717, 1.165) is 11.1 Å². The lowest BCUT2D eigenvalue weighted by Crippen LogP contribution is -2.50. The molecule has 0 radical (unpaired) electrons. The molecule has 0 spiro atoms. The molecule has 2 atom stereocenters. The fraction of sp³-hybridized carbons (Fsp3) is 0.348. The molecule has 0 aliphatic rings. The molecule has 3 amide bonds. The van der Waals surface area contributed by atoms with Crippen LogP contribution in [0.2, 0.25) is 0 Å². The summed E-state index contributed by atoms with van der Waals surface area (Å²) in [6.45, 7) is 4.17. The van der Waals surface area contributed by atoms with Crippen LogP contribution in [-0.2, 0) is 27.3 Å². The minimum Gasteiger partial charge on any atom is -0.350 e. The predicted molar refractivity (Wildman–Crippen MR) is 121 cm³/mol. The Morgan fingerprint density at radius 2 is 1.48 bits per heavy atom. The molecule has 4 N–H and O–H groups in total. The Labute approximate surface area is 187 Å². The van der Waals surface area contributed by atoms with E-state index in [0.29, 0.717) is 13.0 Å². The average Bonchev–Trinajstić information content (AvgIpc) is 2.77. The van der Waals surface area contributed by atoms with Crippen LogP contribution in [0, 0.1) is 0 Å². The highest BCUT2D eigenvalue weighted by Crippen LogP contribution is 2.21. The van der Waals surface area contributed by atoms with Crippen molar-refractivity contribution in [3.63, 3.8) is 0 Å². The number of thioether (sulfide) groups is 1. The van der Waals surface area contributed by atoms with Crippen LogP contribution in [0.15, 0.2) is 60.7 Å². The highest BCUT2D eigenvalue weighted by atomic mass is 32.2. The number of hydrogen-bond donors (Lipinski definition) is 4. The van der Waals surface area contributed by atoms with Gasteiger partial charge in [-0.15, -0.1) is 11.8 Å². The highest BCUT2D eigenvalue weighted by molar-refractivity contribution is 8.01. The standard InChI is InChI=1S/C23H29N3O4S/c1-16(2)31-20(14-21(27)26-30)23(29)25-19(13-17-9-5-3-6-10-17)22(28)24-15-18-11-7-4-8-12-18/h3-12,16,19-20,30H,13-15H2,1-2H3,(H,24,28)(H,25,29)(H,26,27)/t19-,20+/m0/s1. The van der Waals surface area contributed by atoms with Gasteiger partial charge < -0.3 is 10.6 Å². The van der Waals surface area contributed by atoms with Gasteiger partial charge in [0.25, 0.3) is 0 Å². The van der Waals surface area contributed by atoms with Crippen LogP contribution in [0.4, 0.5) is 0 Å². The zero-order chi connectivity index (χ0) is 22.6. The number of amides is 3. The van der Waals surface area contributed by atoms with E-state index in [4.69, 9.17) is 5.21 Å². The summed E-state index contributed by atoms with van der Waals surface area (Å²) in [5.41, 5.74) is 3.43. The minimum absolute atomic E-state index is 0.0849. The van der Waals surface area contributed by atoms with Gasteiger partial charge in [0.05, 0.1) is 5.25 Å². The number of carbonyl (C=O) groups excluding carboxylic acids is 3. The lowest BCUT2D eigenvalue weighted by atomic mass is 10.0. The zero-order valence-corrected chi connectivity index (χ0v) is 18.5. The van der Waals surface area contributed by atoms with E-state index in [1.807, 2.05) is 74.5 Å². The quantitative estimate of drug-likeness (QED) is 0.315. The summed E-state index contributed by atoms with van der Waals surface area (Å²) in [5.74, 6) is -1.37. The second kappa shape index (κ2) is 12.8. The number of rotatable bonds is 11. The van der Waals surface area contributed by atoms with E-state index in [2.05, 4.69) is 10.6 Å². The summed E-state index contributed by atoms with van der Waals surface area (Å²) >= 11 is 1.31. The first-order valence-corrected chi connectivity index (χ1v) is 11.1. The normalized spacial score (nSPS) is 12.6.